The molecular formula is C23H27ClN2O4S. The molecule has 31 heavy (non-hydrogen) atoms. The summed E-state index contributed by atoms with van der Waals surface area (Å²) in [5.74, 6) is 0.649. The molecule has 2 aliphatic rings. The Morgan fingerprint density at radius 3 is 2.61 bits per heavy atom. The minimum atomic E-state index is -3.79. The summed E-state index contributed by atoms with van der Waals surface area (Å²) in [6, 6.07) is 11.5. The number of halogens is 1. The van der Waals surface area contributed by atoms with Crippen LogP contribution < -0.4 is 9.46 Å². The van der Waals surface area contributed by atoms with E-state index in [4.69, 9.17) is 16.3 Å². The smallest absolute Gasteiger partial charge is 0.264 e. The van der Waals surface area contributed by atoms with Gasteiger partial charge in [0.15, 0.2) is 6.10 Å². The summed E-state index contributed by atoms with van der Waals surface area (Å²) in [5.41, 5.74) is 1.23. The van der Waals surface area contributed by atoms with Crippen molar-refractivity contribution in [3.8, 4) is 5.75 Å². The lowest BCUT2D eigenvalue weighted by Gasteiger charge is -2.34. The molecule has 4 rings (SSSR count). The van der Waals surface area contributed by atoms with Gasteiger partial charge in [-0.1, -0.05) is 43.9 Å². The second kappa shape index (κ2) is 9.09. The van der Waals surface area contributed by atoms with Crippen molar-refractivity contribution in [1.29, 1.82) is 0 Å². The van der Waals surface area contributed by atoms with E-state index in [1.807, 2.05) is 11.8 Å². The molecule has 1 atom stereocenters. The van der Waals surface area contributed by atoms with E-state index in [1.54, 1.807) is 30.3 Å². The van der Waals surface area contributed by atoms with Crippen LogP contribution in [0, 0.1) is 0 Å². The standard InChI is InChI=1S/C23H27ClN2O4S/c1-2-21-23(27)26(19-8-4-3-5-9-19)15-16-13-18(11-12-22(16)30-21)25-31(28,29)20-10-6-7-17(24)14-20/h6-7,10-14,19,21,25H,2-5,8-9,15H2,1H3. The van der Waals surface area contributed by atoms with Crippen molar-refractivity contribution in [1.82, 2.24) is 4.90 Å². The molecule has 0 saturated heterocycles. The Kier molecular flexibility index (Phi) is 6.44. The van der Waals surface area contributed by atoms with Crippen molar-refractivity contribution in [2.45, 2.75) is 69.0 Å². The lowest BCUT2D eigenvalue weighted by molar-refractivity contribution is -0.141. The summed E-state index contributed by atoms with van der Waals surface area (Å²) in [6.07, 6.45) is 5.52. The first-order valence-electron chi connectivity index (χ1n) is 10.8. The third kappa shape index (κ3) is 4.83. The molecule has 1 saturated carbocycles. The van der Waals surface area contributed by atoms with Gasteiger partial charge in [-0.2, -0.15) is 0 Å². The van der Waals surface area contributed by atoms with Crippen LogP contribution in [-0.2, 0) is 21.4 Å². The molecule has 8 heteroatoms. The largest absolute Gasteiger partial charge is 0.480 e. The number of amides is 1. The molecule has 1 aliphatic carbocycles. The minimum Gasteiger partial charge on any atom is -0.480 e. The molecule has 1 heterocycles. The Morgan fingerprint density at radius 2 is 1.90 bits per heavy atom. The molecule has 1 amide bonds. The van der Waals surface area contributed by atoms with Crippen molar-refractivity contribution >= 4 is 33.2 Å². The number of nitrogens with one attached hydrogen (secondary N) is 1. The molecular weight excluding hydrogens is 436 g/mol. The van der Waals surface area contributed by atoms with E-state index in [-0.39, 0.29) is 16.8 Å². The Morgan fingerprint density at radius 1 is 1.13 bits per heavy atom. The Hall–Kier alpha value is -2.25. The first kappa shape index (κ1) is 22.0. The van der Waals surface area contributed by atoms with E-state index in [1.165, 1.54) is 18.6 Å². The van der Waals surface area contributed by atoms with Crippen LogP contribution in [0.1, 0.15) is 51.0 Å². The number of carbonyl (C=O) groups excluding carboxylic acids is 1. The Labute approximate surface area is 188 Å². The summed E-state index contributed by atoms with van der Waals surface area (Å²) >= 11 is 5.95. The van der Waals surface area contributed by atoms with E-state index >= 15 is 0 Å². The first-order valence-corrected chi connectivity index (χ1v) is 12.6. The highest BCUT2D eigenvalue weighted by Crippen LogP contribution is 2.33. The highest BCUT2D eigenvalue weighted by Gasteiger charge is 2.34. The van der Waals surface area contributed by atoms with Gasteiger partial charge in [-0.05, 0) is 55.7 Å². The number of hydrogen-bond acceptors (Lipinski definition) is 4. The van der Waals surface area contributed by atoms with Crippen LogP contribution in [0.4, 0.5) is 5.69 Å². The molecule has 0 radical (unpaired) electrons. The van der Waals surface area contributed by atoms with E-state index < -0.39 is 16.1 Å². The maximum Gasteiger partial charge on any atom is 0.264 e. The van der Waals surface area contributed by atoms with E-state index in [9.17, 15) is 13.2 Å². The highest BCUT2D eigenvalue weighted by atomic mass is 35.5. The molecule has 1 unspecified atom stereocenters. The quantitative estimate of drug-likeness (QED) is 0.680. The zero-order valence-corrected chi connectivity index (χ0v) is 19.1. The number of nitrogens with zero attached hydrogens (tertiary/aromatic N) is 1. The zero-order chi connectivity index (χ0) is 22.0. The van der Waals surface area contributed by atoms with Crippen LogP contribution in [-0.4, -0.2) is 31.4 Å². The number of carbonyl (C=O) groups is 1. The van der Waals surface area contributed by atoms with Gasteiger partial charge in [-0.15, -0.1) is 0 Å². The van der Waals surface area contributed by atoms with Gasteiger partial charge in [0.05, 0.1) is 4.90 Å². The van der Waals surface area contributed by atoms with Crippen LogP contribution in [0.2, 0.25) is 5.02 Å². The molecule has 0 bridgehead atoms. The molecule has 166 valence electrons. The van der Waals surface area contributed by atoms with Crippen molar-refractivity contribution < 1.29 is 17.9 Å². The summed E-state index contributed by atoms with van der Waals surface area (Å²) in [6.45, 7) is 2.36. The molecule has 1 aliphatic heterocycles. The van der Waals surface area contributed by atoms with Crippen LogP contribution in [0.25, 0.3) is 0 Å². The second-order valence-electron chi connectivity index (χ2n) is 8.16. The lowest BCUT2D eigenvalue weighted by atomic mass is 9.93. The van der Waals surface area contributed by atoms with Gasteiger partial charge in [0.25, 0.3) is 15.9 Å². The van der Waals surface area contributed by atoms with E-state index in [2.05, 4.69) is 4.72 Å². The predicted octanol–water partition coefficient (Wildman–Crippen LogP) is 4.97. The SMILES string of the molecule is CCC1Oc2ccc(NS(=O)(=O)c3cccc(Cl)c3)cc2CN(C2CCCCC2)C1=O. The van der Waals surface area contributed by atoms with Gasteiger partial charge in [-0.3, -0.25) is 9.52 Å². The van der Waals surface area contributed by atoms with Crippen LogP contribution >= 0.6 is 11.6 Å². The van der Waals surface area contributed by atoms with Gasteiger partial charge in [0.1, 0.15) is 5.75 Å². The van der Waals surface area contributed by atoms with Gasteiger partial charge >= 0.3 is 0 Å². The third-order valence-electron chi connectivity index (χ3n) is 5.97. The fourth-order valence-electron chi connectivity index (χ4n) is 4.34. The van der Waals surface area contributed by atoms with Gasteiger partial charge < -0.3 is 9.64 Å². The van der Waals surface area contributed by atoms with Crippen molar-refractivity contribution in [2.75, 3.05) is 4.72 Å². The maximum atomic E-state index is 13.2. The number of rotatable bonds is 5. The Bertz CT molecular complexity index is 1070. The number of sulfonamides is 1. The normalized spacial score (nSPS) is 20.0. The zero-order valence-electron chi connectivity index (χ0n) is 17.5. The maximum absolute atomic E-state index is 13.2. The third-order valence-corrected chi connectivity index (χ3v) is 7.59. The summed E-state index contributed by atoms with van der Waals surface area (Å²) in [5, 5.41) is 0.352. The topological polar surface area (TPSA) is 75.7 Å². The average molecular weight is 463 g/mol. The van der Waals surface area contributed by atoms with Crippen molar-refractivity contribution in [3.63, 3.8) is 0 Å². The van der Waals surface area contributed by atoms with Gasteiger partial charge in [0.2, 0.25) is 0 Å². The van der Waals surface area contributed by atoms with Crippen molar-refractivity contribution in [2.24, 2.45) is 0 Å². The van der Waals surface area contributed by atoms with Gasteiger partial charge in [-0.25, -0.2) is 8.42 Å². The lowest BCUT2D eigenvalue weighted by Crippen LogP contribution is -2.45. The van der Waals surface area contributed by atoms with Crippen LogP contribution in [0.3, 0.4) is 0 Å². The fourth-order valence-corrected chi connectivity index (χ4v) is 5.69. The monoisotopic (exact) mass is 462 g/mol. The van der Waals surface area contributed by atoms with Gasteiger partial charge in [0, 0.05) is 28.9 Å². The van der Waals surface area contributed by atoms with Crippen LogP contribution in [0.5, 0.6) is 5.75 Å². The first-order chi connectivity index (χ1) is 14.9. The predicted molar refractivity (Wildman–Crippen MR) is 121 cm³/mol. The molecule has 2 aromatic carbocycles. The molecule has 2 aromatic rings. The molecule has 0 aromatic heterocycles. The van der Waals surface area contributed by atoms with Crippen molar-refractivity contribution in [3.05, 3.63) is 53.1 Å². The number of fused-ring (bicyclic) bond motifs is 1. The number of hydrogen-bond donors (Lipinski definition) is 1. The number of ether oxygens (including phenoxy) is 1. The summed E-state index contributed by atoms with van der Waals surface area (Å²) < 4.78 is 34.2. The number of benzene rings is 2. The molecule has 6 nitrogen and oxygen atoms in total. The Balaban J connectivity index is 1.63. The molecule has 1 fully saturated rings. The molecule has 1 N–H and O–H groups in total. The average Bonchev–Trinajstić information content (AvgIpc) is 2.90. The molecule has 0 spiro atoms. The number of anilines is 1. The van der Waals surface area contributed by atoms with E-state index in [0.29, 0.717) is 29.4 Å². The fraction of sp³-hybridized carbons (Fsp3) is 0.435. The van der Waals surface area contributed by atoms with Crippen LogP contribution in [0.15, 0.2) is 47.4 Å². The highest BCUT2D eigenvalue weighted by molar-refractivity contribution is 7.92. The second-order valence-corrected chi connectivity index (χ2v) is 10.3. The van der Waals surface area contributed by atoms with E-state index in [0.717, 1.165) is 31.2 Å². The minimum absolute atomic E-state index is 0.0201. The summed E-state index contributed by atoms with van der Waals surface area (Å²) in [7, 11) is -3.79. The summed E-state index contributed by atoms with van der Waals surface area (Å²) in [4.78, 5) is 15.2.